The van der Waals surface area contributed by atoms with Gasteiger partial charge in [-0.1, -0.05) is 29.3 Å². The summed E-state index contributed by atoms with van der Waals surface area (Å²) >= 11 is 13.9. The molecule has 1 saturated carbocycles. The molecule has 3 nitrogen and oxygen atoms in total. The van der Waals surface area contributed by atoms with Crippen molar-refractivity contribution < 1.29 is 4.79 Å². The Kier molecular flexibility index (Phi) is 4.99. The number of rotatable bonds is 4. The van der Waals surface area contributed by atoms with Gasteiger partial charge in [0, 0.05) is 30.6 Å². The van der Waals surface area contributed by atoms with Gasteiger partial charge >= 0.3 is 0 Å². The van der Waals surface area contributed by atoms with Gasteiger partial charge in [-0.2, -0.15) is 11.8 Å². The van der Waals surface area contributed by atoms with Crippen LogP contribution in [0.5, 0.6) is 0 Å². The van der Waals surface area contributed by atoms with Gasteiger partial charge in [0.25, 0.3) is 0 Å². The highest BCUT2D eigenvalue weighted by Crippen LogP contribution is 2.31. The van der Waals surface area contributed by atoms with Crippen LogP contribution in [0.1, 0.15) is 18.4 Å². The maximum Gasteiger partial charge on any atom is 0.241 e. The summed E-state index contributed by atoms with van der Waals surface area (Å²) < 4.78 is 0. The highest BCUT2D eigenvalue weighted by atomic mass is 35.5. The van der Waals surface area contributed by atoms with E-state index in [2.05, 4.69) is 5.32 Å². The van der Waals surface area contributed by atoms with Gasteiger partial charge in [-0.3, -0.25) is 4.79 Å². The lowest BCUT2D eigenvalue weighted by molar-refractivity contribution is -0.134. The number of carbonyl (C=O) groups excluding carboxylic acids is 1. The molecule has 0 spiro atoms. The van der Waals surface area contributed by atoms with Gasteiger partial charge in [-0.25, -0.2) is 0 Å². The lowest BCUT2D eigenvalue weighted by atomic mass is 10.2. The molecule has 0 bridgehead atoms. The van der Waals surface area contributed by atoms with Crippen molar-refractivity contribution in [1.29, 1.82) is 0 Å². The molecule has 114 valence electrons. The fourth-order valence-corrected chi connectivity index (χ4v) is 3.78. The summed E-state index contributed by atoms with van der Waals surface area (Å²) in [5, 5.41) is 4.43. The molecule has 1 aliphatic heterocycles. The Morgan fingerprint density at radius 1 is 1.33 bits per heavy atom. The minimum absolute atomic E-state index is 0.0490. The molecule has 2 fully saturated rings. The molecule has 1 aliphatic carbocycles. The number of benzene rings is 1. The summed E-state index contributed by atoms with van der Waals surface area (Å²) in [5.74, 6) is 2.17. The van der Waals surface area contributed by atoms with Gasteiger partial charge in [0.05, 0.1) is 16.1 Å². The fourth-order valence-electron chi connectivity index (χ4n) is 2.53. The zero-order chi connectivity index (χ0) is 14.8. The topological polar surface area (TPSA) is 32.3 Å². The van der Waals surface area contributed by atoms with E-state index in [4.69, 9.17) is 23.2 Å². The Labute approximate surface area is 139 Å². The van der Waals surface area contributed by atoms with Crippen molar-refractivity contribution in [2.75, 3.05) is 18.1 Å². The Hall–Kier alpha value is -0.420. The monoisotopic (exact) mass is 344 g/mol. The summed E-state index contributed by atoms with van der Waals surface area (Å²) in [6, 6.07) is 5.94. The average Bonchev–Trinajstić information content (AvgIpc) is 3.33. The minimum Gasteiger partial charge on any atom is -0.334 e. The summed E-state index contributed by atoms with van der Waals surface area (Å²) in [7, 11) is 0. The van der Waals surface area contributed by atoms with Gasteiger partial charge in [-0.05, 0) is 30.5 Å². The zero-order valence-electron chi connectivity index (χ0n) is 11.6. The molecule has 1 saturated heterocycles. The highest BCUT2D eigenvalue weighted by Gasteiger charge is 2.36. The van der Waals surface area contributed by atoms with Crippen molar-refractivity contribution in [2.45, 2.75) is 31.5 Å². The van der Waals surface area contributed by atoms with Gasteiger partial charge in [-0.15, -0.1) is 0 Å². The fraction of sp³-hybridized carbons (Fsp3) is 0.533. The van der Waals surface area contributed by atoms with E-state index in [1.165, 1.54) is 0 Å². The van der Waals surface area contributed by atoms with Crippen molar-refractivity contribution in [2.24, 2.45) is 0 Å². The normalized spacial score (nSPS) is 22.1. The summed E-state index contributed by atoms with van der Waals surface area (Å²) in [6.07, 6.45) is 2.21. The Morgan fingerprint density at radius 2 is 2.14 bits per heavy atom. The molecule has 1 amide bonds. The molecule has 0 aromatic heterocycles. The van der Waals surface area contributed by atoms with E-state index in [9.17, 15) is 4.79 Å². The summed E-state index contributed by atoms with van der Waals surface area (Å²) in [6.45, 7) is 1.52. The number of amides is 1. The third-order valence-electron chi connectivity index (χ3n) is 3.83. The maximum atomic E-state index is 12.7. The quantitative estimate of drug-likeness (QED) is 0.910. The van der Waals surface area contributed by atoms with Gasteiger partial charge in [0.15, 0.2) is 0 Å². The second kappa shape index (κ2) is 6.78. The van der Waals surface area contributed by atoms with Crippen LogP contribution in [0.2, 0.25) is 10.0 Å². The lowest BCUT2D eigenvalue weighted by Gasteiger charge is -2.30. The van der Waals surface area contributed by atoms with Crippen molar-refractivity contribution in [3.05, 3.63) is 33.8 Å². The molecule has 0 radical (unpaired) electrons. The lowest BCUT2D eigenvalue weighted by Crippen LogP contribution is -2.51. The average molecular weight is 345 g/mol. The van der Waals surface area contributed by atoms with E-state index in [1.54, 1.807) is 6.07 Å². The van der Waals surface area contributed by atoms with Crippen LogP contribution in [0.15, 0.2) is 18.2 Å². The van der Waals surface area contributed by atoms with E-state index in [-0.39, 0.29) is 11.9 Å². The molecule has 3 rings (SSSR count). The Morgan fingerprint density at radius 3 is 2.76 bits per heavy atom. The molecule has 1 N–H and O–H groups in total. The molecule has 1 aromatic rings. The van der Waals surface area contributed by atoms with Gasteiger partial charge < -0.3 is 10.2 Å². The van der Waals surface area contributed by atoms with Crippen LogP contribution < -0.4 is 5.32 Å². The second-order valence-electron chi connectivity index (χ2n) is 5.53. The zero-order valence-corrected chi connectivity index (χ0v) is 14.0. The first-order valence-corrected chi connectivity index (χ1v) is 9.12. The van der Waals surface area contributed by atoms with Crippen LogP contribution in [0.25, 0.3) is 0 Å². The van der Waals surface area contributed by atoms with Crippen molar-refractivity contribution in [1.82, 2.24) is 10.2 Å². The van der Waals surface area contributed by atoms with Crippen molar-refractivity contribution in [3.63, 3.8) is 0 Å². The minimum atomic E-state index is -0.0490. The van der Waals surface area contributed by atoms with Crippen LogP contribution >= 0.6 is 35.0 Å². The number of nitrogens with zero attached hydrogens (tertiary/aromatic N) is 1. The summed E-state index contributed by atoms with van der Waals surface area (Å²) in [5.41, 5.74) is 1.04. The van der Waals surface area contributed by atoms with Crippen LogP contribution in [-0.2, 0) is 11.3 Å². The van der Waals surface area contributed by atoms with E-state index in [1.807, 2.05) is 28.8 Å². The second-order valence-corrected chi connectivity index (χ2v) is 7.49. The first-order valence-electron chi connectivity index (χ1n) is 7.20. The first-order chi connectivity index (χ1) is 10.1. The largest absolute Gasteiger partial charge is 0.334 e. The van der Waals surface area contributed by atoms with Crippen LogP contribution in [-0.4, -0.2) is 40.9 Å². The predicted molar refractivity (Wildman–Crippen MR) is 89.1 cm³/mol. The molecule has 1 aromatic carbocycles. The van der Waals surface area contributed by atoms with E-state index < -0.39 is 0 Å². The number of nitrogens with one attached hydrogen (secondary N) is 1. The first kappa shape index (κ1) is 15.5. The maximum absolute atomic E-state index is 12.7. The number of hydrogen-bond donors (Lipinski definition) is 1. The van der Waals surface area contributed by atoms with Gasteiger partial charge in [0.2, 0.25) is 5.91 Å². The molecule has 1 atom stereocenters. The highest BCUT2D eigenvalue weighted by molar-refractivity contribution is 7.99. The third kappa shape index (κ3) is 3.86. The molecule has 1 heterocycles. The van der Waals surface area contributed by atoms with E-state index in [0.29, 0.717) is 22.6 Å². The standard InChI is InChI=1S/C15H18Cl2N2OS/c16-12-4-1-10(7-13(12)17)8-19(11-2-3-11)15(20)14-9-21-6-5-18-14/h1,4,7,11,14,18H,2-3,5-6,8-9H2. The third-order valence-corrected chi connectivity index (χ3v) is 5.63. The molecule has 21 heavy (non-hydrogen) atoms. The van der Waals surface area contributed by atoms with Gasteiger partial charge in [0.1, 0.15) is 0 Å². The summed E-state index contributed by atoms with van der Waals surface area (Å²) in [4.78, 5) is 14.7. The molecular weight excluding hydrogens is 327 g/mol. The van der Waals surface area contributed by atoms with E-state index in [0.717, 1.165) is 36.5 Å². The number of hydrogen-bond acceptors (Lipinski definition) is 3. The number of halogens is 2. The molecule has 2 aliphatic rings. The Bertz CT molecular complexity index is 530. The van der Waals surface area contributed by atoms with Crippen molar-refractivity contribution >= 4 is 40.9 Å². The number of carbonyl (C=O) groups is 1. The van der Waals surface area contributed by atoms with Crippen LogP contribution in [0, 0.1) is 0 Å². The molecular formula is C15H18Cl2N2OS. The smallest absolute Gasteiger partial charge is 0.241 e. The van der Waals surface area contributed by atoms with Crippen LogP contribution in [0.4, 0.5) is 0 Å². The molecule has 1 unspecified atom stereocenters. The van der Waals surface area contributed by atoms with E-state index >= 15 is 0 Å². The number of thioether (sulfide) groups is 1. The Balaban J connectivity index is 1.71. The van der Waals surface area contributed by atoms with Crippen molar-refractivity contribution in [3.8, 4) is 0 Å². The van der Waals surface area contributed by atoms with Crippen LogP contribution in [0.3, 0.4) is 0 Å². The SMILES string of the molecule is O=C(C1CSCCN1)N(Cc1ccc(Cl)c(Cl)c1)C1CC1. The predicted octanol–water partition coefficient (Wildman–Crippen LogP) is 3.19. The molecule has 6 heteroatoms.